The summed E-state index contributed by atoms with van der Waals surface area (Å²) in [5.41, 5.74) is 2.37. The third kappa shape index (κ3) is 6.60. The smallest absolute Gasteiger partial charge is 0.257 e. The summed E-state index contributed by atoms with van der Waals surface area (Å²) < 4.78 is 41.7. The van der Waals surface area contributed by atoms with Crippen LogP contribution in [-0.2, 0) is 16.6 Å². The molecule has 0 fully saturated rings. The van der Waals surface area contributed by atoms with Crippen LogP contribution in [0.2, 0.25) is 5.02 Å². The maximum Gasteiger partial charge on any atom is 0.257 e. The van der Waals surface area contributed by atoms with E-state index in [4.69, 9.17) is 11.6 Å². The minimum absolute atomic E-state index is 0.0223. The first-order chi connectivity index (χ1) is 16.5. The van der Waals surface area contributed by atoms with Crippen LogP contribution in [-0.4, -0.2) is 39.3 Å². The number of carbonyl (C=O) groups is 1. The number of carbonyl (C=O) groups excluding carboxylic acids is 1. The van der Waals surface area contributed by atoms with Gasteiger partial charge in [-0.15, -0.1) is 0 Å². The Hall–Kier alpha value is -2.94. The highest BCUT2D eigenvalue weighted by molar-refractivity contribution is 7.89. The Morgan fingerprint density at radius 1 is 1.03 bits per heavy atom. The maximum absolute atomic E-state index is 13.5. The van der Waals surface area contributed by atoms with Gasteiger partial charge < -0.3 is 10.2 Å². The highest BCUT2D eigenvalue weighted by Crippen LogP contribution is 2.28. The monoisotopic (exact) mass is 517 g/mol. The molecule has 0 aliphatic heterocycles. The van der Waals surface area contributed by atoms with E-state index in [0.29, 0.717) is 21.8 Å². The highest BCUT2D eigenvalue weighted by Gasteiger charge is 2.27. The van der Waals surface area contributed by atoms with Gasteiger partial charge in [-0.2, -0.15) is 4.31 Å². The second-order valence-corrected chi connectivity index (χ2v) is 11.2. The van der Waals surface area contributed by atoms with E-state index < -0.39 is 15.8 Å². The van der Waals surface area contributed by atoms with Crippen LogP contribution in [0.4, 0.5) is 15.8 Å². The van der Waals surface area contributed by atoms with E-state index in [9.17, 15) is 17.6 Å². The van der Waals surface area contributed by atoms with Gasteiger partial charge in [-0.05, 0) is 66.1 Å². The van der Waals surface area contributed by atoms with Crippen molar-refractivity contribution in [2.24, 2.45) is 5.92 Å². The van der Waals surface area contributed by atoms with Crippen LogP contribution in [0.5, 0.6) is 0 Å². The first kappa shape index (κ1) is 26.7. The summed E-state index contributed by atoms with van der Waals surface area (Å²) in [6, 6.07) is 16.9. The number of anilines is 2. The number of amides is 1. The predicted octanol–water partition coefficient (Wildman–Crippen LogP) is 5.64. The van der Waals surface area contributed by atoms with Crippen molar-refractivity contribution in [1.29, 1.82) is 0 Å². The molecule has 0 atom stereocenters. The zero-order valence-electron chi connectivity index (χ0n) is 20.1. The van der Waals surface area contributed by atoms with Gasteiger partial charge in [-0.1, -0.05) is 37.6 Å². The van der Waals surface area contributed by atoms with Crippen LogP contribution in [0.1, 0.15) is 29.8 Å². The van der Waals surface area contributed by atoms with Crippen LogP contribution >= 0.6 is 11.6 Å². The molecule has 0 heterocycles. The first-order valence-corrected chi connectivity index (χ1v) is 12.9. The fraction of sp³-hybridized carbons (Fsp3) is 0.269. The molecule has 6 nitrogen and oxygen atoms in total. The zero-order chi connectivity index (χ0) is 25.8. The maximum atomic E-state index is 13.5. The van der Waals surface area contributed by atoms with Crippen LogP contribution in [0, 0.1) is 11.7 Å². The lowest BCUT2D eigenvalue weighted by Crippen LogP contribution is -2.34. The quantitative estimate of drug-likeness (QED) is 0.398. The molecule has 3 aromatic rings. The molecule has 0 unspecified atom stereocenters. The minimum atomic E-state index is -3.89. The summed E-state index contributed by atoms with van der Waals surface area (Å²) in [4.78, 5) is 14.7. The van der Waals surface area contributed by atoms with Crippen molar-refractivity contribution in [1.82, 2.24) is 4.31 Å². The molecule has 186 valence electrons. The van der Waals surface area contributed by atoms with E-state index in [-0.39, 0.29) is 29.8 Å². The lowest BCUT2D eigenvalue weighted by atomic mass is 10.1. The highest BCUT2D eigenvalue weighted by atomic mass is 35.5. The number of rotatable bonds is 9. The molecule has 1 amide bonds. The van der Waals surface area contributed by atoms with Crippen molar-refractivity contribution in [2.75, 3.05) is 30.9 Å². The van der Waals surface area contributed by atoms with E-state index in [0.717, 1.165) is 17.8 Å². The molecule has 0 bridgehead atoms. The predicted molar refractivity (Wildman–Crippen MR) is 139 cm³/mol. The lowest BCUT2D eigenvalue weighted by molar-refractivity contribution is 0.102. The summed E-state index contributed by atoms with van der Waals surface area (Å²) in [7, 11) is -0.168. The Morgan fingerprint density at radius 3 is 2.29 bits per heavy atom. The van der Waals surface area contributed by atoms with Crippen LogP contribution < -0.4 is 10.2 Å². The molecule has 0 spiro atoms. The van der Waals surface area contributed by atoms with E-state index >= 15 is 0 Å². The molecule has 0 aliphatic rings. The number of nitrogens with one attached hydrogen (secondary N) is 1. The van der Waals surface area contributed by atoms with Crippen molar-refractivity contribution in [2.45, 2.75) is 25.3 Å². The number of hydrogen-bond acceptors (Lipinski definition) is 4. The standard InChI is InChI=1S/C26H29ClFN3O3S/c1-18(2)16-31(35(33,34)22-12-9-20(28)10-13-22)17-19-15-21(11-14-25(19)30(3)4)29-26(32)23-7-5-6-8-24(23)27/h5-15,18H,16-17H2,1-4H3,(H,29,32). The summed E-state index contributed by atoms with van der Waals surface area (Å²) >= 11 is 6.15. The van der Waals surface area contributed by atoms with Gasteiger partial charge in [-0.25, -0.2) is 12.8 Å². The van der Waals surface area contributed by atoms with Gasteiger partial charge in [0.2, 0.25) is 10.0 Å². The average Bonchev–Trinajstić information content (AvgIpc) is 2.79. The van der Waals surface area contributed by atoms with E-state index in [1.807, 2.05) is 38.9 Å². The number of hydrogen-bond donors (Lipinski definition) is 1. The molecule has 9 heteroatoms. The fourth-order valence-electron chi connectivity index (χ4n) is 3.67. The Labute approximate surface area is 211 Å². The van der Waals surface area contributed by atoms with Gasteiger partial charge in [0.25, 0.3) is 5.91 Å². The van der Waals surface area contributed by atoms with Crippen molar-refractivity contribution in [3.05, 3.63) is 88.7 Å². The Kier molecular flexibility index (Phi) is 8.53. The Morgan fingerprint density at radius 2 is 1.69 bits per heavy atom. The van der Waals surface area contributed by atoms with Crippen LogP contribution in [0.15, 0.2) is 71.6 Å². The molecule has 0 saturated heterocycles. The third-order valence-electron chi connectivity index (χ3n) is 5.30. The van der Waals surface area contributed by atoms with Crippen LogP contribution in [0.3, 0.4) is 0 Å². The topological polar surface area (TPSA) is 69.7 Å². The van der Waals surface area contributed by atoms with Crippen molar-refractivity contribution >= 4 is 38.9 Å². The van der Waals surface area contributed by atoms with Gasteiger partial charge in [0.1, 0.15) is 5.82 Å². The average molecular weight is 518 g/mol. The van der Waals surface area contributed by atoms with E-state index in [1.54, 1.807) is 36.4 Å². The summed E-state index contributed by atoms with van der Waals surface area (Å²) in [5, 5.41) is 3.18. The Balaban J connectivity index is 1.97. The molecular weight excluding hydrogens is 489 g/mol. The van der Waals surface area contributed by atoms with Gasteiger partial charge in [0.05, 0.1) is 15.5 Å². The molecule has 3 aromatic carbocycles. The summed E-state index contributed by atoms with van der Waals surface area (Å²) in [5.74, 6) is -0.815. The summed E-state index contributed by atoms with van der Waals surface area (Å²) in [6.45, 7) is 4.20. The van der Waals surface area contributed by atoms with E-state index in [2.05, 4.69) is 5.32 Å². The molecule has 0 saturated carbocycles. The third-order valence-corrected chi connectivity index (χ3v) is 7.46. The molecule has 0 aliphatic carbocycles. The minimum Gasteiger partial charge on any atom is -0.377 e. The first-order valence-electron chi connectivity index (χ1n) is 11.1. The van der Waals surface area contributed by atoms with Crippen molar-refractivity contribution in [3.63, 3.8) is 0 Å². The normalized spacial score (nSPS) is 11.7. The molecule has 1 N–H and O–H groups in total. The summed E-state index contributed by atoms with van der Waals surface area (Å²) in [6.07, 6.45) is 0. The molecular formula is C26H29ClFN3O3S. The fourth-order valence-corrected chi connectivity index (χ4v) is 5.47. The number of sulfonamides is 1. The molecule has 3 rings (SSSR count). The molecule has 0 radical (unpaired) electrons. The van der Waals surface area contributed by atoms with Gasteiger partial charge in [0, 0.05) is 38.6 Å². The van der Waals surface area contributed by atoms with Crippen LogP contribution in [0.25, 0.3) is 0 Å². The molecule has 0 aromatic heterocycles. The van der Waals surface area contributed by atoms with Gasteiger partial charge in [-0.3, -0.25) is 4.79 Å². The van der Waals surface area contributed by atoms with Crippen molar-refractivity contribution < 1.29 is 17.6 Å². The zero-order valence-corrected chi connectivity index (χ0v) is 21.7. The Bertz CT molecular complexity index is 1300. The molecule has 35 heavy (non-hydrogen) atoms. The number of benzene rings is 3. The van der Waals surface area contributed by atoms with E-state index in [1.165, 1.54) is 16.4 Å². The van der Waals surface area contributed by atoms with Crippen molar-refractivity contribution in [3.8, 4) is 0 Å². The lowest BCUT2D eigenvalue weighted by Gasteiger charge is -2.27. The second-order valence-electron chi connectivity index (χ2n) is 8.82. The SMILES string of the molecule is CC(C)CN(Cc1cc(NC(=O)c2ccccc2Cl)ccc1N(C)C)S(=O)(=O)c1ccc(F)cc1. The number of halogens is 2. The largest absolute Gasteiger partial charge is 0.377 e. The van der Waals surface area contributed by atoms with Gasteiger partial charge >= 0.3 is 0 Å². The number of nitrogens with zero attached hydrogens (tertiary/aromatic N) is 2. The van der Waals surface area contributed by atoms with Gasteiger partial charge in [0.15, 0.2) is 0 Å². The second kappa shape index (κ2) is 11.2.